The van der Waals surface area contributed by atoms with Gasteiger partial charge in [-0.05, 0) is 54.1 Å². The molecule has 1 aromatic heterocycles. The highest BCUT2D eigenvalue weighted by molar-refractivity contribution is 6.31. The smallest absolute Gasteiger partial charge is 0.255 e. The molecule has 0 radical (unpaired) electrons. The predicted molar refractivity (Wildman–Crippen MR) is 129 cm³/mol. The lowest BCUT2D eigenvalue weighted by Gasteiger charge is -2.27. The molecule has 5 rings (SSSR count). The number of amides is 1. The number of furan rings is 1. The number of fused-ring (bicyclic) bond motifs is 1. The molecule has 1 aliphatic rings. The van der Waals surface area contributed by atoms with Gasteiger partial charge in [0.15, 0.2) is 0 Å². The van der Waals surface area contributed by atoms with E-state index in [0.717, 1.165) is 55.0 Å². The monoisotopic (exact) mass is 445 g/mol. The Morgan fingerprint density at radius 2 is 1.84 bits per heavy atom. The Balaban J connectivity index is 1.40. The first-order chi connectivity index (χ1) is 15.7. The van der Waals surface area contributed by atoms with Crippen LogP contribution in [0, 0.1) is 0 Å². The number of carbonyl (C=O) groups excluding carboxylic acids is 1. The van der Waals surface area contributed by atoms with Crippen molar-refractivity contribution in [2.75, 3.05) is 31.5 Å². The highest BCUT2D eigenvalue weighted by Crippen LogP contribution is 2.33. The standard InChI is InChI=1S/C26H24ClN3O2/c27-21-5-3-4-19(15-21)26(31)29-23-7-2-1-6-22(23)25-16-20-14-18(8-9-24(20)32-25)17-30-12-10-28-11-13-30/h1-9,14-16,28H,10-13,17H2,(H,29,31). The van der Waals surface area contributed by atoms with Crippen molar-refractivity contribution in [1.29, 1.82) is 0 Å². The fourth-order valence-corrected chi connectivity index (χ4v) is 4.27. The molecule has 0 aliphatic carbocycles. The summed E-state index contributed by atoms with van der Waals surface area (Å²) in [6, 6.07) is 23.0. The van der Waals surface area contributed by atoms with Crippen molar-refractivity contribution in [3.8, 4) is 11.3 Å². The van der Waals surface area contributed by atoms with Gasteiger partial charge in [-0.1, -0.05) is 35.9 Å². The second-order valence-electron chi connectivity index (χ2n) is 8.02. The van der Waals surface area contributed by atoms with Gasteiger partial charge < -0.3 is 15.1 Å². The van der Waals surface area contributed by atoms with E-state index < -0.39 is 0 Å². The minimum atomic E-state index is -0.214. The van der Waals surface area contributed by atoms with Crippen LogP contribution >= 0.6 is 11.6 Å². The minimum Gasteiger partial charge on any atom is -0.456 e. The summed E-state index contributed by atoms with van der Waals surface area (Å²) in [5.74, 6) is 0.510. The molecule has 2 heterocycles. The molecular weight excluding hydrogens is 422 g/mol. The Morgan fingerprint density at radius 3 is 2.69 bits per heavy atom. The van der Waals surface area contributed by atoms with Crippen LogP contribution in [0.4, 0.5) is 5.69 Å². The molecule has 1 amide bonds. The molecule has 3 aromatic carbocycles. The van der Waals surface area contributed by atoms with Gasteiger partial charge in [-0.25, -0.2) is 0 Å². The molecule has 0 spiro atoms. The first-order valence-corrected chi connectivity index (χ1v) is 11.2. The second kappa shape index (κ2) is 9.17. The molecule has 0 bridgehead atoms. The average molecular weight is 446 g/mol. The molecule has 0 unspecified atom stereocenters. The van der Waals surface area contributed by atoms with E-state index >= 15 is 0 Å². The number of nitrogens with zero attached hydrogens (tertiary/aromatic N) is 1. The molecular formula is C26H24ClN3O2. The van der Waals surface area contributed by atoms with Crippen molar-refractivity contribution in [3.05, 3.63) is 88.9 Å². The number of hydrogen-bond acceptors (Lipinski definition) is 4. The zero-order chi connectivity index (χ0) is 21.9. The summed E-state index contributed by atoms with van der Waals surface area (Å²) in [5, 5.41) is 7.97. The first kappa shape index (κ1) is 20.8. The van der Waals surface area contributed by atoms with Crippen LogP contribution in [-0.4, -0.2) is 37.0 Å². The molecule has 0 atom stereocenters. The molecule has 4 aromatic rings. The summed E-state index contributed by atoms with van der Waals surface area (Å²) < 4.78 is 6.15. The van der Waals surface area contributed by atoms with E-state index in [9.17, 15) is 4.79 Å². The number of halogens is 1. The number of nitrogens with one attached hydrogen (secondary N) is 2. The summed E-state index contributed by atoms with van der Waals surface area (Å²) in [6.45, 7) is 5.14. The van der Waals surface area contributed by atoms with Gasteiger partial charge in [-0.15, -0.1) is 0 Å². The maximum Gasteiger partial charge on any atom is 0.255 e. The Hall–Kier alpha value is -3.12. The molecule has 162 valence electrons. The molecule has 0 saturated carbocycles. The van der Waals surface area contributed by atoms with Crippen LogP contribution in [-0.2, 0) is 6.54 Å². The van der Waals surface area contributed by atoms with Crippen molar-refractivity contribution in [1.82, 2.24) is 10.2 Å². The molecule has 1 saturated heterocycles. The van der Waals surface area contributed by atoms with Crippen LogP contribution in [0.25, 0.3) is 22.3 Å². The molecule has 5 nitrogen and oxygen atoms in total. The zero-order valence-electron chi connectivity index (χ0n) is 17.6. The third-order valence-electron chi connectivity index (χ3n) is 5.72. The Kier molecular flexibility index (Phi) is 5.95. The fourth-order valence-electron chi connectivity index (χ4n) is 4.08. The van der Waals surface area contributed by atoms with E-state index in [2.05, 4.69) is 27.7 Å². The van der Waals surface area contributed by atoms with Gasteiger partial charge in [0.1, 0.15) is 11.3 Å². The van der Waals surface area contributed by atoms with Gasteiger partial charge >= 0.3 is 0 Å². The Morgan fingerprint density at radius 1 is 1.00 bits per heavy atom. The Bertz CT molecular complexity index is 1260. The normalized spacial score (nSPS) is 14.5. The number of rotatable bonds is 5. The van der Waals surface area contributed by atoms with Crippen molar-refractivity contribution in [2.45, 2.75) is 6.54 Å². The SMILES string of the molecule is O=C(Nc1ccccc1-c1cc2cc(CN3CCNCC3)ccc2o1)c1cccc(Cl)c1. The van der Waals surface area contributed by atoms with E-state index in [-0.39, 0.29) is 5.91 Å². The van der Waals surface area contributed by atoms with Crippen molar-refractivity contribution >= 4 is 34.2 Å². The van der Waals surface area contributed by atoms with Crippen LogP contribution in [0.3, 0.4) is 0 Å². The van der Waals surface area contributed by atoms with Gasteiger partial charge in [0, 0.05) is 54.3 Å². The lowest BCUT2D eigenvalue weighted by atomic mass is 10.1. The summed E-state index contributed by atoms with van der Waals surface area (Å²) in [5.41, 5.74) is 4.14. The maximum atomic E-state index is 12.7. The third kappa shape index (κ3) is 4.55. The van der Waals surface area contributed by atoms with Crippen molar-refractivity contribution < 1.29 is 9.21 Å². The summed E-state index contributed by atoms with van der Waals surface area (Å²) in [6.07, 6.45) is 0. The van der Waals surface area contributed by atoms with E-state index in [1.54, 1.807) is 24.3 Å². The largest absolute Gasteiger partial charge is 0.456 e. The first-order valence-electron chi connectivity index (χ1n) is 10.8. The summed E-state index contributed by atoms with van der Waals surface area (Å²) >= 11 is 6.04. The number of piperazine rings is 1. The van der Waals surface area contributed by atoms with Gasteiger partial charge in [-0.3, -0.25) is 9.69 Å². The summed E-state index contributed by atoms with van der Waals surface area (Å²) in [4.78, 5) is 15.2. The molecule has 1 aliphatic heterocycles. The van der Waals surface area contributed by atoms with Gasteiger partial charge in [0.25, 0.3) is 5.91 Å². The summed E-state index contributed by atoms with van der Waals surface area (Å²) in [7, 11) is 0. The van der Waals surface area contributed by atoms with Crippen molar-refractivity contribution in [2.24, 2.45) is 0 Å². The molecule has 1 fully saturated rings. The Labute approximate surface area is 192 Å². The van der Waals surface area contributed by atoms with E-state index in [1.807, 2.05) is 36.4 Å². The van der Waals surface area contributed by atoms with Crippen molar-refractivity contribution in [3.63, 3.8) is 0 Å². The van der Waals surface area contributed by atoms with E-state index in [0.29, 0.717) is 16.3 Å². The third-order valence-corrected chi connectivity index (χ3v) is 5.96. The fraction of sp³-hybridized carbons (Fsp3) is 0.192. The number of para-hydroxylation sites is 1. The van der Waals surface area contributed by atoms with Crippen LogP contribution < -0.4 is 10.6 Å². The lowest BCUT2D eigenvalue weighted by Crippen LogP contribution is -2.42. The van der Waals surface area contributed by atoms with Crippen LogP contribution in [0.1, 0.15) is 15.9 Å². The number of hydrogen-bond donors (Lipinski definition) is 2. The molecule has 6 heteroatoms. The predicted octanol–water partition coefficient (Wildman–Crippen LogP) is 5.41. The van der Waals surface area contributed by atoms with E-state index in [1.165, 1.54) is 5.56 Å². The molecule has 2 N–H and O–H groups in total. The quantitative estimate of drug-likeness (QED) is 0.431. The van der Waals surface area contributed by atoms with Gasteiger partial charge in [0.2, 0.25) is 0 Å². The molecule has 32 heavy (non-hydrogen) atoms. The van der Waals surface area contributed by atoms with Gasteiger partial charge in [0.05, 0.1) is 5.69 Å². The zero-order valence-corrected chi connectivity index (χ0v) is 18.4. The number of benzene rings is 3. The highest BCUT2D eigenvalue weighted by atomic mass is 35.5. The maximum absolute atomic E-state index is 12.7. The van der Waals surface area contributed by atoms with E-state index in [4.69, 9.17) is 16.0 Å². The highest BCUT2D eigenvalue weighted by Gasteiger charge is 2.15. The minimum absolute atomic E-state index is 0.214. The second-order valence-corrected chi connectivity index (χ2v) is 8.46. The number of carbonyl (C=O) groups is 1. The van der Waals surface area contributed by atoms with Crippen LogP contribution in [0.2, 0.25) is 5.02 Å². The van der Waals surface area contributed by atoms with Crippen LogP contribution in [0.5, 0.6) is 0 Å². The topological polar surface area (TPSA) is 57.5 Å². The van der Waals surface area contributed by atoms with Crippen LogP contribution in [0.15, 0.2) is 77.2 Å². The lowest BCUT2D eigenvalue weighted by molar-refractivity contribution is 0.102. The number of anilines is 1. The van der Waals surface area contributed by atoms with Gasteiger partial charge in [-0.2, -0.15) is 0 Å². The average Bonchev–Trinajstić information content (AvgIpc) is 3.23.